The molecule has 1 aromatic heterocycles. The number of nitrogens with one attached hydrogen (secondary N) is 1. The Morgan fingerprint density at radius 2 is 1.62 bits per heavy atom. The quantitative estimate of drug-likeness (QED) is 0.627. The van der Waals surface area contributed by atoms with E-state index in [0.29, 0.717) is 11.3 Å². The molecule has 0 saturated carbocycles. The molecule has 3 rings (SSSR count). The number of amides is 1. The second-order valence-corrected chi connectivity index (χ2v) is 6.76. The van der Waals surface area contributed by atoms with Crippen molar-refractivity contribution in [3.05, 3.63) is 101 Å². The van der Waals surface area contributed by atoms with Crippen molar-refractivity contribution in [2.24, 2.45) is 0 Å². The lowest BCUT2D eigenvalue weighted by atomic mass is 9.79. The van der Waals surface area contributed by atoms with Crippen molar-refractivity contribution in [1.29, 1.82) is 0 Å². The minimum atomic E-state index is -4.49. The second kappa shape index (κ2) is 8.47. The summed E-state index contributed by atoms with van der Waals surface area (Å²) < 4.78 is 40.2. The fraction of sp³-hybridized carbons (Fsp3) is 0.217. The van der Waals surface area contributed by atoms with Crippen LogP contribution in [0.4, 0.5) is 13.2 Å². The molecule has 1 heterocycles. The van der Waals surface area contributed by atoms with Crippen LogP contribution in [0.3, 0.4) is 0 Å². The highest BCUT2D eigenvalue weighted by molar-refractivity contribution is 5.77. The number of carbonyl (C=O) groups excluding carboxylic acids is 1. The monoisotopic (exact) mass is 398 g/mol. The van der Waals surface area contributed by atoms with Crippen molar-refractivity contribution in [2.75, 3.05) is 0 Å². The van der Waals surface area contributed by atoms with Crippen LogP contribution < -0.4 is 5.32 Å². The summed E-state index contributed by atoms with van der Waals surface area (Å²) in [5.74, 6) is -0.274. The van der Waals surface area contributed by atoms with E-state index in [2.05, 4.69) is 10.3 Å². The van der Waals surface area contributed by atoms with Crippen LogP contribution >= 0.6 is 0 Å². The highest BCUT2D eigenvalue weighted by Gasteiger charge is 2.39. The summed E-state index contributed by atoms with van der Waals surface area (Å²) in [6.07, 6.45) is -2.46. The van der Waals surface area contributed by atoms with Crippen LogP contribution in [0.5, 0.6) is 0 Å². The Morgan fingerprint density at radius 3 is 2.24 bits per heavy atom. The van der Waals surface area contributed by atoms with Gasteiger partial charge in [0, 0.05) is 19.0 Å². The lowest BCUT2D eigenvalue weighted by Crippen LogP contribution is -2.49. The predicted octanol–water partition coefficient (Wildman–Crippen LogP) is 5.11. The maximum absolute atomic E-state index is 13.4. The molecule has 6 heteroatoms. The van der Waals surface area contributed by atoms with Crippen LogP contribution in [0.2, 0.25) is 0 Å². The number of hydrogen-bond donors (Lipinski definition) is 1. The van der Waals surface area contributed by atoms with E-state index in [1.165, 1.54) is 6.07 Å². The third-order valence-electron chi connectivity index (χ3n) is 4.77. The smallest absolute Gasteiger partial charge is 0.341 e. The third kappa shape index (κ3) is 4.65. The van der Waals surface area contributed by atoms with Gasteiger partial charge in [0.25, 0.3) is 0 Å². The Bertz CT molecular complexity index is 959. The molecule has 3 nitrogen and oxygen atoms in total. The second-order valence-electron chi connectivity index (χ2n) is 6.76. The molecule has 2 aromatic carbocycles. The number of aromatic nitrogens is 1. The fourth-order valence-corrected chi connectivity index (χ4v) is 3.33. The number of nitrogens with zero attached hydrogens (tertiary/aromatic N) is 1. The molecule has 1 N–H and O–H groups in total. The summed E-state index contributed by atoms with van der Waals surface area (Å²) in [7, 11) is 0. The Labute approximate surface area is 167 Å². The van der Waals surface area contributed by atoms with Gasteiger partial charge in [0.1, 0.15) is 5.54 Å². The van der Waals surface area contributed by atoms with Crippen molar-refractivity contribution in [3.8, 4) is 0 Å². The summed E-state index contributed by atoms with van der Waals surface area (Å²) >= 11 is 0. The first-order chi connectivity index (χ1) is 13.8. The van der Waals surface area contributed by atoms with E-state index in [9.17, 15) is 18.0 Å². The minimum absolute atomic E-state index is 0.197. The van der Waals surface area contributed by atoms with Gasteiger partial charge >= 0.3 is 6.18 Å². The van der Waals surface area contributed by atoms with Gasteiger partial charge in [0.05, 0.1) is 11.3 Å². The largest absolute Gasteiger partial charge is 0.416 e. The van der Waals surface area contributed by atoms with Crippen LogP contribution in [0, 0.1) is 0 Å². The molecule has 1 atom stereocenters. The normalized spacial score (nSPS) is 13.5. The molecule has 0 aliphatic heterocycles. The van der Waals surface area contributed by atoms with E-state index in [-0.39, 0.29) is 18.7 Å². The van der Waals surface area contributed by atoms with Crippen molar-refractivity contribution >= 4 is 5.91 Å². The molecule has 1 amide bonds. The van der Waals surface area contributed by atoms with Crippen LogP contribution in [0.25, 0.3) is 0 Å². The van der Waals surface area contributed by atoms with Gasteiger partial charge in [-0.1, -0.05) is 55.5 Å². The van der Waals surface area contributed by atoms with Gasteiger partial charge in [-0.05, 0) is 35.4 Å². The number of carbonyl (C=O) groups is 1. The van der Waals surface area contributed by atoms with Crippen molar-refractivity contribution in [1.82, 2.24) is 10.3 Å². The van der Waals surface area contributed by atoms with Gasteiger partial charge in [-0.2, -0.15) is 13.2 Å². The molecule has 0 spiro atoms. The molecule has 0 aliphatic rings. The van der Waals surface area contributed by atoms with Gasteiger partial charge in [0.15, 0.2) is 0 Å². The van der Waals surface area contributed by atoms with Crippen LogP contribution in [-0.4, -0.2) is 10.9 Å². The first-order valence-corrected chi connectivity index (χ1v) is 9.29. The number of hydrogen-bond acceptors (Lipinski definition) is 2. The summed E-state index contributed by atoms with van der Waals surface area (Å²) in [5, 5.41) is 2.97. The molecule has 0 aliphatic carbocycles. The van der Waals surface area contributed by atoms with Gasteiger partial charge in [-0.3, -0.25) is 9.78 Å². The lowest BCUT2D eigenvalue weighted by Gasteiger charge is -2.35. The van der Waals surface area contributed by atoms with Crippen LogP contribution in [0.15, 0.2) is 79.0 Å². The number of alkyl halides is 3. The van der Waals surface area contributed by atoms with E-state index in [1.807, 2.05) is 30.3 Å². The average molecular weight is 398 g/mol. The van der Waals surface area contributed by atoms with Crippen LogP contribution in [-0.2, 0) is 22.9 Å². The topological polar surface area (TPSA) is 42.0 Å². The molecule has 0 radical (unpaired) electrons. The molecule has 0 bridgehead atoms. The summed E-state index contributed by atoms with van der Waals surface area (Å²) in [6.45, 7) is 1.70. The van der Waals surface area contributed by atoms with Gasteiger partial charge in [0.2, 0.25) is 5.91 Å². The maximum Gasteiger partial charge on any atom is 0.416 e. The summed E-state index contributed by atoms with van der Waals surface area (Å²) in [4.78, 5) is 16.9. The molecule has 3 aromatic rings. The molecule has 150 valence electrons. The average Bonchev–Trinajstić information content (AvgIpc) is 2.74. The molecular weight excluding hydrogens is 377 g/mol. The van der Waals surface area contributed by atoms with E-state index >= 15 is 0 Å². The summed E-state index contributed by atoms with van der Waals surface area (Å²) in [5.41, 5.74) is -0.334. The molecule has 0 fully saturated rings. The van der Waals surface area contributed by atoms with E-state index < -0.39 is 17.3 Å². The number of benzene rings is 2. The Kier molecular flexibility index (Phi) is 6.01. The highest BCUT2D eigenvalue weighted by atomic mass is 19.4. The SMILES string of the molecule is CCC(=O)NC(Cc1ccccc1)(c1cccc(C(F)(F)F)c1)c1ccccn1. The van der Waals surface area contributed by atoms with E-state index in [1.54, 1.807) is 37.4 Å². The van der Waals surface area contributed by atoms with Crippen LogP contribution in [0.1, 0.15) is 35.7 Å². The standard InChI is InChI=1S/C23H21F3N2O/c1-2-21(29)28-22(20-13-6-7-14-27-20,16-17-9-4-3-5-10-17)18-11-8-12-19(15-18)23(24,25)26/h3-15H,2,16H2,1H3,(H,28,29). The Hall–Kier alpha value is -3.15. The van der Waals surface area contributed by atoms with Crippen molar-refractivity contribution in [2.45, 2.75) is 31.5 Å². The highest BCUT2D eigenvalue weighted by Crippen LogP contribution is 2.36. The van der Waals surface area contributed by atoms with E-state index in [0.717, 1.165) is 17.7 Å². The zero-order valence-corrected chi connectivity index (χ0v) is 15.9. The predicted molar refractivity (Wildman–Crippen MR) is 105 cm³/mol. The minimum Gasteiger partial charge on any atom is -0.341 e. The first-order valence-electron chi connectivity index (χ1n) is 9.29. The number of rotatable bonds is 6. The number of pyridine rings is 1. The van der Waals surface area contributed by atoms with Gasteiger partial charge in [-0.15, -0.1) is 0 Å². The van der Waals surface area contributed by atoms with Crippen molar-refractivity contribution < 1.29 is 18.0 Å². The van der Waals surface area contributed by atoms with Gasteiger partial charge in [-0.25, -0.2) is 0 Å². The fourth-order valence-electron chi connectivity index (χ4n) is 3.33. The first kappa shape index (κ1) is 20.6. The van der Waals surface area contributed by atoms with Crippen molar-refractivity contribution in [3.63, 3.8) is 0 Å². The zero-order valence-electron chi connectivity index (χ0n) is 15.9. The number of halogens is 3. The molecule has 1 unspecified atom stereocenters. The Balaban J connectivity index is 2.24. The zero-order chi connectivity index (χ0) is 20.9. The molecule has 29 heavy (non-hydrogen) atoms. The summed E-state index contributed by atoms with van der Waals surface area (Å²) in [6, 6.07) is 19.6. The third-order valence-corrected chi connectivity index (χ3v) is 4.77. The van der Waals surface area contributed by atoms with E-state index in [4.69, 9.17) is 0 Å². The molecule has 0 saturated heterocycles. The maximum atomic E-state index is 13.4. The van der Waals surface area contributed by atoms with Gasteiger partial charge < -0.3 is 5.32 Å². The molecular formula is C23H21F3N2O. The Morgan fingerprint density at radius 1 is 0.931 bits per heavy atom. The lowest BCUT2D eigenvalue weighted by molar-refractivity contribution is -0.137.